The summed E-state index contributed by atoms with van der Waals surface area (Å²) in [6.45, 7) is -2.59. The first-order valence-corrected chi connectivity index (χ1v) is 5.59. The number of carbonyl (C=O) groups is 2. The molecule has 1 aliphatic heterocycles. The van der Waals surface area contributed by atoms with Crippen LogP contribution in [0.3, 0.4) is 0 Å². The van der Waals surface area contributed by atoms with Crippen molar-refractivity contribution in [2.45, 2.75) is 31.2 Å². The molecule has 0 saturated carbocycles. The largest absolute Gasteiger partial charge is 0.479 e. The van der Waals surface area contributed by atoms with Gasteiger partial charge in [-0.15, -0.1) is 0 Å². The van der Waals surface area contributed by atoms with Crippen molar-refractivity contribution in [1.29, 1.82) is 0 Å². The second-order valence-electron chi connectivity index (χ2n) is 4.13. The molecule has 0 aromatic heterocycles. The van der Waals surface area contributed by atoms with E-state index in [2.05, 4.69) is 0 Å². The lowest BCUT2D eigenvalue weighted by Gasteiger charge is -2.25. The average molecular weight is 285 g/mol. The van der Waals surface area contributed by atoms with Crippen molar-refractivity contribution in [1.82, 2.24) is 4.90 Å². The van der Waals surface area contributed by atoms with E-state index in [4.69, 9.17) is 14.9 Å². The number of aliphatic hydroxyl groups is 1. The van der Waals surface area contributed by atoms with Gasteiger partial charge < -0.3 is 19.8 Å². The Morgan fingerprint density at radius 2 is 1.84 bits per heavy atom. The Morgan fingerprint density at radius 1 is 1.26 bits per heavy atom. The van der Waals surface area contributed by atoms with E-state index in [0.29, 0.717) is 4.90 Å². The summed E-state index contributed by atoms with van der Waals surface area (Å²) >= 11 is 0. The maximum atomic E-state index is 12.3. The quantitative estimate of drug-likeness (QED) is 0.742. The highest BCUT2D eigenvalue weighted by molar-refractivity contribution is 5.82. The highest BCUT2D eigenvalue weighted by Gasteiger charge is 2.40. The van der Waals surface area contributed by atoms with Gasteiger partial charge in [-0.1, -0.05) is 0 Å². The summed E-state index contributed by atoms with van der Waals surface area (Å²) in [6.07, 6.45) is -6.83. The minimum Gasteiger partial charge on any atom is -0.479 e. The fourth-order valence-electron chi connectivity index (χ4n) is 1.81. The zero-order chi connectivity index (χ0) is 14.6. The van der Waals surface area contributed by atoms with Gasteiger partial charge in [0.25, 0.3) is 5.91 Å². The predicted molar refractivity (Wildman–Crippen MR) is 55.3 cm³/mol. The average Bonchev–Trinajstić information content (AvgIpc) is 2.75. The van der Waals surface area contributed by atoms with E-state index in [1.807, 2.05) is 0 Å². The number of carboxylic acids is 1. The number of carbonyl (C=O) groups excluding carboxylic acids is 1. The third kappa shape index (κ3) is 4.67. The third-order valence-corrected chi connectivity index (χ3v) is 2.62. The van der Waals surface area contributed by atoms with E-state index in [-0.39, 0.29) is 12.8 Å². The highest BCUT2D eigenvalue weighted by Crippen LogP contribution is 2.23. The number of nitrogens with zero attached hydrogens (tertiary/aromatic N) is 1. The van der Waals surface area contributed by atoms with Gasteiger partial charge in [0.2, 0.25) is 0 Å². The summed E-state index contributed by atoms with van der Waals surface area (Å²) in [5, 5.41) is 17.3. The van der Waals surface area contributed by atoms with Crippen LogP contribution in [0.4, 0.5) is 13.2 Å². The van der Waals surface area contributed by atoms with Gasteiger partial charge in [-0.3, -0.25) is 4.79 Å². The fraction of sp³-hybridized carbons (Fsp3) is 0.800. The molecular weight excluding hydrogens is 271 g/mol. The smallest absolute Gasteiger partial charge is 0.406 e. The molecule has 0 unspecified atom stereocenters. The monoisotopic (exact) mass is 285 g/mol. The number of carboxylic acid groups (broad SMARTS) is 1. The van der Waals surface area contributed by atoms with Crippen molar-refractivity contribution in [3.05, 3.63) is 0 Å². The van der Waals surface area contributed by atoms with E-state index >= 15 is 0 Å². The first-order valence-electron chi connectivity index (χ1n) is 5.59. The maximum absolute atomic E-state index is 12.3. The topological polar surface area (TPSA) is 87.1 Å². The Hall–Kier alpha value is -1.35. The Labute approximate surface area is 106 Å². The number of aliphatic carboxylic acids is 1. The number of halogens is 3. The van der Waals surface area contributed by atoms with Crippen LogP contribution in [-0.4, -0.2) is 65.1 Å². The number of ether oxygens (including phenoxy) is 1. The van der Waals surface area contributed by atoms with Crippen molar-refractivity contribution >= 4 is 11.9 Å². The normalized spacial score (nSPS) is 23.4. The summed E-state index contributed by atoms with van der Waals surface area (Å²) in [7, 11) is 0. The van der Waals surface area contributed by atoms with Crippen LogP contribution in [0.2, 0.25) is 0 Å². The van der Waals surface area contributed by atoms with Crippen LogP contribution in [0.15, 0.2) is 0 Å². The highest BCUT2D eigenvalue weighted by atomic mass is 19.4. The van der Waals surface area contributed by atoms with E-state index in [0.717, 1.165) is 0 Å². The number of alkyl halides is 3. The molecule has 6 nitrogen and oxygen atoms in total. The Kier molecular flexibility index (Phi) is 5.12. The second-order valence-corrected chi connectivity index (χ2v) is 4.13. The lowest BCUT2D eigenvalue weighted by atomic mass is 10.2. The summed E-state index contributed by atoms with van der Waals surface area (Å²) in [6, 6.07) is 0. The van der Waals surface area contributed by atoms with Crippen molar-refractivity contribution in [2.75, 3.05) is 19.7 Å². The van der Waals surface area contributed by atoms with E-state index in [1.54, 1.807) is 0 Å². The minimum absolute atomic E-state index is 0.0512. The van der Waals surface area contributed by atoms with Crippen LogP contribution in [0.25, 0.3) is 0 Å². The summed E-state index contributed by atoms with van der Waals surface area (Å²) in [4.78, 5) is 22.8. The molecule has 19 heavy (non-hydrogen) atoms. The fourth-order valence-corrected chi connectivity index (χ4v) is 1.81. The number of hydrogen-bond donors (Lipinski definition) is 2. The van der Waals surface area contributed by atoms with Gasteiger partial charge in [-0.25, -0.2) is 4.79 Å². The van der Waals surface area contributed by atoms with E-state index < -0.39 is 50.0 Å². The molecule has 2 N–H and O–H groups in total. The van der Waals surface area contributed by atoms with Crippen LogP contribution >= 0.6 is 0 Å². The standard InChI is InChI=1S/C10H14F3NO5/c11-10(12,13)5-14(3-4-15)8(16)6-1-2-7(19-6)9(17)18/h6-7,15H,1-5H2,(H,17,18)/t6-,7+/m0/s1. The van der Waals surface area contributed by atoms with Crippen molar-refractivity contribution in [2.24, 2.45) is 0 Å². The Bertz CT molecular complexity index is 347. The van der Waals surface area contributed by atoms with Gasteiger partial charge in [-0.2, -0.15) is 13.2 Å². The molecule has 2 atom stereocenters. The molecule has 1 rings (SSSR count). The maximum Gasteiger partial charge on any atom is 0.406 e. The summed E-state index contributed by atoms with van der Waals surface area (Å²) < 4.78 is 41.7. The Morgan fingerprint density at radius 3 is 2.26 bits per heavy atom. The first-order chi connectivity index (χ1) is 8.74. The molecular formula is C10H14F3NO5. The van der Waals surface area contributed by atoms with Crippen LogP contribution < -0.4 is 0 Å². The lowest BCUT2D eigenvalue weighted by Crippen LogP contribution is -2.45. The lowest BCUT2D eigenvalue weighted by molar-refractivity contribution is -0.170. The predicted octanol–water partition coefficient (Wildman–Crippen LogP) is 0.00180. The van der Waals surface area contributed by atoms with Gasteiger partial charge in [-0.05, 0) is 12.8 Å². The molecule has 0 aromatic rings. The molecule has 1 aliphatic rings. The van der Waals surface area contributed by atoms with Gasteiger partial charge in [0.05, 0.1) is 6.61 Å². The first kappa shape index (κ1) is 15.7. The molecule has 0 aliphatic carbocycles. The number of aliphatic hydroxyl groups excluding tert-OH is 1. The molecule has 0 radical (unpaired) electrons. The SMILES string of the molecule is O=C(O)[C@H]1CC[C@@H](C(=O)N(CCO)CC(F)(F)F)O1. The molecule has 0 bridgehead atoms. The summed E-state index contributed by atoms with van der Waals surface area (Å²) in [5.41, 5.74) is 0. The van der Waals surface area contributed by atoms with Crippen LogP contribution in [-0.2, 0) is 14.3 Å². The van der Waals surface area contributed by atoms with Crippen molar-refractivity contribution < 1.29 is 37.7 Å². The van der Waals surface area contributed by atoms with Gasteiger partial charge in [0.15, 0.2) is 6.10 Å². The van der Waals surface area contributed by atoms with Crippen LogP contribution in [0.1, 0.15) is 12.8 Å². The molecule has 1 fully saturated rings. The zero-order valence-electron chi connectivity index (χ0n) is 9.89. The number of hydrogen-bond acceptors (Lipinski definition) is 4. The molecule has 0 spiro atoms. The zero-order valence-corrected chi connectivity index (χ0v) is 9.89. The minimum atomic E-state index is -4.59. The van der Waals surface area contributed by atoms with E-state index in [9.17, 15) is 22.8 Å². The molecule has 0 aromatic carbocycles. The van der Waals surface area contributed by atoms with Gasteiger partial charge in [0.1, 0.15) is 12.6 Å². The van der Waals surface area contributed by atoms with Crippen LogP contribution in [0.5, 0.6) is 0 Å². The molecule has 9 heteroatoms. The van der Waals surface area contributed by atoms with Crippen molar-refractivity contribution in [3.8, 4) is 0 Å². The Balaban J connectivity index is 2.65. The molecule has 110 valence electrons. The summed E-state index contributed by atoms with van der Waals surface area (Å²) in [5.74, 6) is -2.20. The van der Waals surface area contributed by atoms with Gasteiger partial charge >= 0.3 is 12.1 Å². The van der Waals surface area contributed by atoms with Gasteiger partial charge in [0, 0.05) is 6.54 Å². The molecule has 1 amide bonds. The second kappa shape index (κ2) is 6.20. The molecule has 1 saturated heterocycles. The van der Waals surface area contributed by atoms with E-state index in [1.165, 1.54) is 0 Å². The number of amides is 1. The van der Waals surface area contributed by atoms with Crippen LogP contribution in [0, 0.1) is 0 Å². The molecule has 1 heterocycles. The van der Waals surface area contributed by atoms with Crippen molar-refractivity contribution in [3.63, 3.8) is 0 Å². The third-order valence-electron chi connectivity index (χ3n) is 2.62. The number of rotatable bonds is 5.